The molecule has 0 saturated heterocycles. The van der Waals surface area contributed by atoms with Gasteiger partial charge in [0.25, 0.3) is 5.91 Å². The molecular weight excluding hydrogens is 301 g/mol. The normalized spacial score (nSPS) is 25.5. The van der Waals surface area contributed by atoms with Gasteiger partial charge in [-0.1, -0.05) is 19.9 Å². The minimum absolute atomic E-state index is 0.140. The molecule has 126 valence electrons. The highest BCUT2D eigenvalue weighted by Crippen LogP contribution is 2.51. The molecule has 0 aromatic heterocycles. The average Bonchev–Trinajstić information content (AvgIpc) is 2.48. The number of ether oxygens (including phenoxy) is 1. The van der Waals surface area contributed by atoms with Gasteiger partial charge in [-0.15, -0.1) is 0 Å². The van der Waals surface area contributed by atoms with Gasteiger partial charge >= 0.3 is 5.97 Å². The summed E-state index contributed by atoms with van der Waals surface area (Å²) in [7, 11) is 0. The lowest BCUT2D eigenvalue weighted by molar-refractivity contribution is -0.190. The lowest BCUT2D eigenvalue weighted by Crippen LogP contribution is -2.76. The number of carbonyl (C=O) groups is 2. The van der Waals surface area contributed by atoms with Crippen LogP contribution in [-0.4, -0.2) is 35.2 Å². The SMILES string of the molecule is CCOC1CC(NC(=O)c2cccc(F)c2C)(C(=O)O)C1(C)C. The second-order valence-corrected chi connectivity index (χ2v) is 6.45. The quantitative estimate of drug-likeness (QED) is 0.873. The maximum Gasteiger partial charge on any atom is 0.330 e. The maximum absolute atomic E-state index is 13.6. The Morgan fingerprint density at radius 1 is 1.43 bits per heavy atom. The van der Waals surface area contributed by atoms with E-state index in [-0.39, 0.29) is 23.7 Å². The van der Waals surface area contributed by atoms with Crippen molar-refractivity contribution in [3.8, 4) is 0 Å². The average molecular weight is 323 g/mol. The molecule has 1 aliphatic rings. The molecule has 0 spiro atoms. The molecule has 1 aromatic rings. The van der Waals surface area contributed by atoms with E-state index >= 15 is 0 Å². The Morgan fingerprint density at radius 3 is 2.61 bits per heavy atom. The molecule has 5 nitrogen and oxygen atoms in total. The topological polar surface area (TPSA) is 75.6 Å². The number of nitrogens with one attached hydrogen (secondary N) is 1. The number of hydrogen-bond donors (Lipinski definition) is 2. The van der Waals surface area contributed by atoms with E-state index in [0.717, 1.165) is 0 Å². The first-order valence-electron chi connectivity index (χ1n) is 7.60. The first-order valence-corrected chi connectivity index (χ1v) is 7.60. The van der Waals surface area contributed by atoms with Crippen molar-refractivity contribution in [2.75, 3.05) is 6.61 Å². The molecule has 23 heavy (non-hydrogen) atoms. The number of aliphatic carboxylic acids is 1. The van der Waals surface area contributed by atoms with Crippen molar-refractivity contribution < 1.29 is 23.8 Å². The van der Waals surface area contributed by atoms with Crippen LogP contribution in [0.3, 0.4) is 0 Å². The Kier molecular flexibility index (Phi) is 4.48. The second-order valence-electron chi connectivity index (χ2n) is 6.45. The van der Waals surface area contributed by atoms with Crippen molar-refractivity contribution in [2.24, 2.45) is 5.41 Å². The number of carbonyl (C=O) groups excluding carboxylic acids is 1. The van der Waals surface area contributed by atoms with Gasteiger partial charge in [0.05, 0.1) is 6.10 Å². The fourth-order valence-electron chi connectivity index (χ4n) is 3.15. The van der Waals surface area contributed by atoms with Crippen molar-refractivity contribution in [3.05, 3.63) is 35.1 Å². The summed E-state index contributed by atoms with van der Waals surface area (Å²) in [6.07, 6.45) is -0.0685. The van der Waals surface area contributed by atoms with E-state index in [2.05, 4.69) is 5.32 Å². The van der Waals surface area contributed by atoms with E-state index in [1.54, 1.807) is 13.8 Å². The molecule has 1 amide bonds. The van der Waals surface area contributed by atoms with Crippen LogP contribution in [0, 0.1) is 18.2 Å². The maximum atomic E-state index is 13.6. The second kappa shape index (κ2) is 5.92. The van der Waals surface area contributed by atoms with Gasteiger partial charge in [-0.05, 0) is 31.5 Å². The number of rotatable bonds is 5. The minimum Gasteiger partial charge on any atom is -0.479 e. The zero-order valence-electron chi connectivity index (χ0n) is 13.8. The molecule has 1 aromatic carbocycles. The van der Waals surface area contributed by atoms with E-state index in [4.69, 9.17) is 4.74 Å². The van der Waals surface area contributed by atoms with Crippen molar-refractivity contribution in [2.45, 2.75) is 45.8 Å². The Morgan fingerprint density at radius 2 is 2.09 bits per heavy atom. The zero-order valence-corrected chi connectivity index (χ0v) is 13.8. The van der Waals surface area contributed by atoms with Gasteiger partial charge < -0.3 is 15.2 Å². The standard InChI is InChI=1S/C17H22FNO4/c1-5-23-13-9-17(15(21)22,16(13,3)4)19-14(20)11-7-6-8-12(18)10(11)2/h6-8,13H,5,9H2,1-4H3,(H,19,20)(H,21,22). The summed E-state index contributed by atoms with van der Waals surface area (Å²) in [5, 5.41) is 12.3. The summed E-state index contributed by atoms with van der Waals surface area (Å²) >= 11 is 0. The summed E-state index contributed by atoms with van der Waals surface area (Å²) in [6.45, 7) is 7.31. The Hall–Kier alpha value is -1.95. The third-order valence-corrected chi connectivity index (χ3v) is 4.97. The van der Waals surface area contributed by atoms with Crippen LogP contribution in [0.1, 0.15) is 43.1 Å². The molecule has 0 radical (unpaired) electrons. The Labute approximate surface area is 134 Å². The predicted octanol–water partition coefficient (Wildman–Crippen LogP) is 2.52. The van der Waals surface area contributed by atoms with Gasteiger partial charge in [0, 0.05) is 24.0 Å². The third-order valence-electron chi connectivity index (χ3n) is 4.97. The fourth-order valence-corrected chi connectivity index (χ4v) is 3.15. The lowest BCUT2D eigenvalue weighted by Gasteiger charge is -2.58. The van der Waals surface area contributed by atoms with E-state index in [9.17, 15) is 19.1 Å². The number of halogens is 1. The van der Waals surface area contributed by atoms with E-state index < -0.39 is 28.6 Å². The lowest BCUT2D eigenvalue weighted by atomic mass is 9.54. The van der Waals surface area contributed by atoms with Crippen molar-refractivity contribution >= 4 is 11.9 Å². The van der Waals surface area contributed by atoms with Crippen LogP contribution < -0.4 is 5.32 Å². The fraction of sp³-hybridized carbons (Fsp3) is 0.529. The van der Waals surface area contributed by atoms with E-state index in [1.807, 2.05) is 6.92 Å². The van der Waals surface area contributed by atoms with Crippen molar-refractivity contribution in [3.63, 3.8) is 0 Å². The molecule has 1 fully saturated rings. The van der Waals surface area contributed by atoms with Crippen LogP contribution in [0.2, 0.25) is 0 Å². The van der Waals surface area contributed by atoms with E-state index in [1.165, 1.54) is 25.1 Å². The molecule has 1 aliphatic carbocycles. The van der Waals surface area contributed by atoms with Gasteiger partial charge in [0.15, 0.2) is 0 Å². The highest BCUT2D eigenvalue weighted by atomic mass is 19.1. The third kappa shape index (κ3) is 2.61. The molecule has 2 unspecified atom stereocenters. The summed E-state index contributed by atoms with van der Waals surface area (Å²) < 4.78 is 19.2. The van der Waals surface area contributed by atoms with Gasteiger partial charge in [0.1, 0.15) is 11.4 Å². The van der Waals surface area contributed by atoms with Gasteiger partial charge in [-0.3, -0.25) is 4.79 Å². The monoisotopic (exact) mass is 323 g/mol. The van der Waals surface area contributed by atoms with Crippen LogP contribution in [0.15, 0.2) is 18.2 Å². The van der Waals surface area contributed by atoms with Gasteiger partial charge in [-0.25, -0.2) is 9.18 Å². The molecule has 2 atom stereocenters. The molecule has 2 N–H and O–H groups in total. The first kappa shape index (κ1) is 17.4. The predicted molar refractivity (Wildman–Crippen MR) is 82.8 cm³/mol. The smallest absolute Gasteiger partial charge is 0.330 e. The van der Waals surface area contributed by atoms with Crippen LogP contribution in [0.25, 0.3) is 0 Å². The molecule has 0 heterocycles. The summed E-state index contributed by atoms with van der Waals surface area (Å²) in [5.41, 5.74) is -1.86. The van der Waals surface area contributed by atoms with Crippen LogP contribution in [0.4, 0.5) is 4.39 Å². The minimum atomic E-state index is -1.43. The van der Waals surface area contributed by atoms with Crippen LogP contribution in [-0.2, 0) is 9.53 Å². The largest absolute Gasteiger partial charge is 0.479 e. The summed E-state index contributed by atoms with van der Waals surface area (Å²) in [6, 6.07) is 4.17. The Bertz CT molecular complexity index is 643. The molecule has 6 heteroatoms. The van der Waals surface area contributed by atoms with Crippen molar-refractivity contribution in [1.29, 1.82) is 0 Å². The number of benzene rings is 1. The molecule has 1 saturated carbocycles. The molecule has 2 rings (SSSR count). The summed E-state index contributed by atoms with van der Waals surface area (Å²) in [4.78, 5) is 24.3. The highest BCUT2D eigenvalue weighted by Gasteiger charge is 2.66. The zero-order chi connectivity index (χ0) is 17.4. The van der Waals surface area contributed by atoms with Crippen LogP contribution >= 0.6 is 0 Å². The Balaban J connectivity index is 2.30. The summed E-state index contributed by atoms with van der Waals surface area (Å²) in [5.74, 6) is -2.20. The number of carboxylic acids is 1. The molecular formula is C17H22FNO4. The van der Waals surface area contributed by atoms with Gasteiger partial charge in [0.2, 0.25) is 0 Å². The number of amides is 1. The number of carboxylic acid groups (broad SMARTS) is 1. The number of hydrogen-bond acceptors (Lipinski definition) is 3. The molecule has 0 bridgehead atoms. The van der Waals surface area contributed by atoms with Crippen molar-refractivity contribution in [1.82, 2.24) is 5.32 Å². The van der Waals surface area contributed by atoms with Gasteiger partial charge in [-0.2, -0.15) is 0 Å². The molecule has 0 aliphatic heterocycles. The first-order chi connectivity index (χ1) is 10.7. The van der Waals surface area contributed by atoms with E-state index in [0.29, 0.717) is 6.61 Å². The highest BCUT2D eigenvalue weighted by molar-refractivity contribution is 5.99. The van der Waals surface area contributed by atoms with Crippen LogP contribution in [0.5, 0.6) is 0 Å².